The Kier molecular flexibility index (Phi) is 15.8. The van der Waals surface area contributed by atoms with Gasteiger partial charge in [-0.05, 0) is 6.42 Å². The Bertz CT molecular complexity index is 730. The van der Waals surface area contributed by atoms with Gasteiger partial charge < -0.3 is 14.7 Å². The van der Waals surface area contributed by atoms with E-state index in [1.807, 2.05) is 0 Å². The van der Waals surface area contributed by atoms with E-state index in [1.54, 1.807) is 6.92 Å². The van der Waals surface area contributed by atoms with Crippen molar-refractivity contribution in [2.24, 2.45) is 0 Å². The van der Waals surface area contributed by atoms with Crippen LogP contribution >= 0.6 is 12.0 Å². The second kappa shape index (κ2) is 15.2. The molecule has 0 saturated heterocycles. The molecule has 1 unspecified atom stereocenters. The quantitative estimate of drug-likeness (QED) is 0.0468. The molecule has 214 valence electrons. The first-order valence-electron chi connectivity index (χ1n) is 9.36. The molecule has 0 saturated carbocycles. The van der Waals surface area contributed by atoms with Crippen molar-refractivity contribution in [3.63, 3.8) is 0 Å². The monoisotopic (exact) mass is 604 g/mol. The molecule has 0 bridgehead atoms. The minimum Gasteiger partial charge on any atom is -0.691 e. The van der Waals surface area contributed by atoms with Crippen LogP contribution in [0.4, 0.5) is 52.7 Å². The van der Waals surface area contributed by atoms with Crippen molar-refractivity contribution < 1.29 is 116 Å². The second-order valence-electron chi connectivity index (χ2n) is 6.77. The fourth-order valence-corrected chi connectivity index (χ4v) is 2.54. The van der Waals surface area contributed by atoms with Gasteiger partial charge >= 0.3 is 77.5 Å². The van der Waals surface area contributed by atoms with Crippen LogP contribution in [0.3, 0.4) is 0 Å². The van der Waals surface area contributed by atoms with Crippen LogP contribution in [0.2, 0.25) is 0 Å². The van der Waals surface area contributed by atoms with Crippen LogP contribution in [0.1, 0.15) is 32.6 Å². The molecule has 0 heterocycles. The van der Waals surface area contributed by atoms with E-state index in [1.165, 1.54) is 0 Å². The SMILES string of the molecule is CCCCOC(=O)CC(SOO[O-])C(=O)OCCC(F)(F)C(F)(F)C(F)(F)C(F)(F)C(F)(F)C(F)F.[Na+]. The average molecular weight is 604 g/mol. The van der Waals surface area contributed by atoms with Crippen molar-refractivity contribution in [1.29, 1.82) is 0 Å². The molecule has 0 spiro atoms. The number of unbranched alkanes of at least 4 members (excludes halogenated alkanes) is 1. The van der Waals surface area contributed by atoms with E-state index in [9.17, 15) is 67.5 Å². The van der Waals surface area contributed by atoms with Gasteiger partial charge in [0.05, 0.1) is 26.1 Å². The van der Waals surface area contributed by atoms with Crippen LogP contribution in [-0.2, 0) is 28.4 Å². The van der Waals surface area contributed by atoms with E-state index in [2.05, 4.69) is 18.8 Å². The van der Waals surface area contributed by atoms with Gasteiger partial charge in [0.1, 0.15) is 5.25 Å². The number of carbonyl (C=O) groups is 2. The zero-order valence-corrected chi connectivity index (χ0v) is 21.5. The second-order valence-corrected chi connectivity index (χ2v) is 7.67. The van der Waals surface area contributed by atoms with Crippen LogP contribution in [0.25, 0.3) is 0 Å². The van der Waals surface area contributed by atoms with Gasteiger partial charge in [-0.25, -0.2) is 8.78 Å². The number of esters is 2. The maximum Gasteiger partial charge on any atom is 1.00 e. The van der Waals surface area contributed by atoms with Crippen LogP contribution in [0.15, 0.2) is 0 Å². The Balaban J connectivity index is 0. The van der Waals surface area contributed by atoms with Crippen molar-refractivity contribution in [2.75, 3.05) is 13.2 Å². The smallest absolute Gasteiger partial charge is 0.691 e. The van der Waals surface area contributed by atoms with Crippen LogP contribution in [0.5, 0.6) is 0 Å². The third kappa shape index (κ3) is 9.20. The Morgan fingerprint density at radius 3 is 1.86 bits per heavy atom. The molecule has 0 aromatic heterocycles. The number of hydrogen-bond acceptors (Lipinski definition) is 8. The summed E-state index contributed by atoms with van der Waals surface area (Å²) in [5.74, 6) is -39.1. The molecule has 0 rings (SSSR count). The molecule has 0 amide bonds. The molecule has 0 aliphatic carbocycles. The van der Waals surface area contributed by atoms with E-state index in [0.29, 0.717) is 12.8 Å². The van der Waals surface area contributed by atoms with Gasteiger partial charge in [-0.3, -0.25) is 14.6 Å². The van der Waals surface area contributed by atoms with Crippen molar-refractivity contribution in [3.8, 4) is 0 Å². The predicted octanol–water partition coefficient (Wildman–Crippen LogP) is 1.34. The molecule has 37 heavy (non-hydrogen) atoms. The standard InChI is InChI=1S/C16H18F12O7S.Na/c1-2-3-5-32-9(29)7-8(36-35-34-31)10(30)33-6-4-12(19,20)14(23,24)16(27,28)15(25,26)13(21,22)11(17)18;/h8,11,31H,2-7H2,1H3;/q;+1/p-1. The number of alkyl halides is 12. The van der Waals surface area contributed by atoms with Gasteiger partial charge in [0, 0.05) is 12.0 Å². The normalized spacial score (nSPS) is 14.2. The third-order valence-corrected chi connectivity index (χ3v) is 4.89. The first kappa shape index (κ1) is 38.5. The molecule has 0 aromatic rings. The summed E-state index contributed by atoms with van der Waals surface area (Å²) >= 11 is -0.246. The van der Waals surface area contributed by atoms with Gasteiger partial charge in [-0.15, -0.1) is 0 Å². The van der Waals surface area contributed by atoms with E-state index < -0.39 is 72.7 Å². The summed E-state index contributed by atoms with van der Waals surface area (Å²) in [5.41, 5.74) is 0. The summed E-state index contributed by atoms with van der Waals surface area (Å²) < 4.78 is 170. The fraction of sp³-hybridized carbons (Fsp3) is 0.875. The largest absolute Gasteiger partial charge is 1.00 e. The predicted molar refractivity (Wildman–Crippen MR) is 90.3 cm³/mol. The molecule has 0 N–H and O–H groups in total. The van der Waals surface area contributed by atoms with Crippen molar-refractivity contribution in [1.82, 2.24) is 0 Å². The summed E-state index contributed by atoms with van der Waals surface area (Å²) in [7, 11) is 0. The van der Waals surface area contributed by atoms with E-state index in [0.717, 1.165) is 0 Å². The number of halogens is 12. The molecule has 1 atom stereocenters. The van der Waals surface area contributed by atoms with Crippen LogP contribution in [0, 0.1) is 0 Å². The summed E-state index contributed by atoms with van der Waals surface area (Å²) in [6.07, 6.45) is -8.35. The molecule has 0 aliphatic heterocycles. The van der Waals surface area contributed by atoms with Crippen LogP contribution < -0.4 is 34.8 Å². The Morgan fingerprint density at radius 1 is 0.865 bits per heavy atom. The van der Waals surface area contributed by atoms with Crippen molar-refractivity contribution in [2.45, 2.75) is 73.9 Å². The van der Waals surface area contributed by atoms with E-state index in [4.69, 9.17) is 0 Å². The summed E-state index contributed by atoms with van der Waals surface area (Å²) in [5, 5.41) is 10.8. The topological polar surface area (TPSA) is 94.1 Å². The Hall–Kier alpha value is -0.670. The maximum atomic E-state index is 13.7. The van der Waals surface area contributed by atoms with Crippen LogP contribution in [-0.4, -0.2) is 66.4 Å². The molecule has 0 fully saturated rings. The van der Waals surface area contributed by atoms with E-state index >= 15 is 0 Å². The molecule has 21 heteroatoms. The molecular formula is C16H17F12NaO7S. The van der Waals surface area contributed by atoms with Gasteiger partial charge in [0.15, 0.2) is 0 Å². The number of hydrogen-bond donors (Lipinski definition) is 0. The number of carbonyl (C=O) groups excluding carboxylic acids is 2. The summed E-state index contributed by atoms with van der Waals surface area (Å²) in [6, 6.07) is 0. The third-order valence-electron chi connectivity index (χ3n) is 4.16. The van der Waals surface area contributed by atoms with Gasteiger partial charge in [0.25, 0.3) is 0 Å². The van der Waals surface area contributed by atoms with Gasteiger partial charge in [0.2, 0.25) is 0 Å². The molecular weight excluding hydrogens is 587 g/mol. The van der Waals surface area contributed by atoms with Crippen molar-refractivity contribution in [3.05, 3.63) is 0 Å². The summed E-state index contributed by atoms with van der Waals surface area (Å²) in [4.78, 5) is 23.4. The first-order valence-corrected chi connectivity index (χ1v) is 10.2. The molecule has 7 nitrogen and oxygen atoms in total. The van der Waals surface area contributed by atoms with E-state index in [-0.39, 0.29) is 48.2 Å². The Morgan fingerprint density at radius 2 is 1.41 bits per heavy atom. The minimum atomic E-state index is -7.71. The minimum absolute atomic E-state index is 0. The van der Waals surface area contributed by atoms with Gasteiger partial charge in [-0.1, -0.05) is 13.3 Å². The average Bonchev–Trinajstić information content (AvgIpc) is 2.75. The van der Waals surface area contributed by atoms with Gasteiger partial charge in [-0.2, -0.15) is 48.2 Å². The molecule has 0 aromatic carbocycles. The number of rotatable bonds is 17. The summed E-state index contributed by atoms with van der Waals surface area (Å²) in [6.45, 7) is -0.385. The Labute approximate surface area is 226 Å². The fourth-order valence-electron chi connectivity index (χ4n) is 2.06. The van der Waals surface area contributed by atoms with Crippen molar-refractivity contribution >= 4 is 24.0 Å². The first-order chi connectivity index (χ1) is 16.2. The number of ether oxygens (including phenoxy) is 2. The molecule has 0 radical (unpaired) electrons. The molecule has 0 aliphatic rings. The maximum absolute atomic E-state index is 13.7. The zero-order valence-electron chi connectivity index (χ0n) is 18.7. The zero-order chi connectivity index (χ0) is 28.6.